The second-order valence-electron chi connectivity index (χ2n) is 2.61. The predicted molar refractivity (Wildman–Crippen MR) is 52.5 cm³/mol. The number of hydrogen-bond acceptors (Lipinski definition) is 5. The van der Waals surface area contributed by atoms with Gasteiger partial charge in [0.05, 0.1) is 11.5 Å². The summed E-state index contributed by atoms with van der Waals surface area (Å²) >= 11 is 0. The molecule has 0 amide bonds. The Hall–Kier alpha value is -0.580. The normalized spacial score (nSPS) is 12.0. The standard InChI is InChI=1S/C6H12O7P2/c1-5(2)11-15(10,12-6(3)4)13-14(7,8)9/h1,3H2,2,4H3,(H2,7,8,9). The number of rotatable bonds is 6. The average Bonchev–Trinajstić information content (AvgIpc) is 1.73. The Morgan fingerprint density at radius 1 is 1.07 bits per heavy atom. The van der Waals surface area contributed by atoms with Crippen LogP contribution in [0.4, 0.5) is 0 Å². The number of allylic oxidation sites excluding steroid dienone is 2. The van der Waals surface area contributed by atoms with Crippen molar-refractivity contribution in [3.8, 4) is 0 Å². The van der Waals surface area contributed by atoms with E-state index in [1.165, 1.54) is 13.8 Å². The largest absolute Gasteiger partial charge is 0.595 e. The van der Waals surface area contributed by atoms with Crippen LogP contribution in [0.3, 0.4) is 0 Å². The van der Waals surface area contributed by atoms with Crippen LogP contribution in [-0.2, 0) is 22.5 Å². The molecule has 0 saturated carbocycles. The van der Waals surface area contributed by atoms with E-state index < -0.39 is 15.6 Å². The van der Waals surface area contributed by atoms with Crippen molar-refractivity contribution in [2.75, 3.05) is 0 Å². The van der Waals surface area contributed by atoms with Gasteiger partial charge in [-0.3, -0.25) is 0 Å². The minimum atomic E-state index is -5.00. The van der Waals surface area contributed by atoms with E-state index in [2.05, 4.69) is 26.5 Å². The molecule has 0 unspecified atom stereocenters. The molecule has 0 aliphatic heterocycles. The van der Waals surface area contributed by atoms with Gasteiger partial charge < -0.3 is 18.8 Å². The van der Waals surface area contributed by atoms with E-state index in [1.54, 1.807) is 0 Å². The summed E-state index contributed by atoms with van der Waals surface area (Å²) < 4.78 is 34.9. The Kier molecular flexibility index (Phi) is 4.77. The lowest BCUT2D eigenvalue weighted by atomic mass is 10.7. The maximum atomic E-state index is 11.6. The second-order valence-corrected chi connectivity index (χ2v) is 5.50. The van der Waals surface area contributed by atoms with Crippen LogP contribution in [0.25, 0.3) is 0 Å². The molecule has 0 atom stereocenters. The van der Waals surface area contributed by atoms with Gasteiger partial charge in [-0.25, -0.2) is 9.13 Å². The van der Waals surface area contributed by atoms with Crippen LogP contribution in [0.2, 0.25) is 0 Å². The molecule has 9 heteroatoms. The summed E-state index contributed by atoms with van der Waals surface area (Å²) in [7, 11) is -9.41. The molecule has 7 nitrogen and oxygen atoms in total. The van der Waals surface area contributed by atoms with Gasteiger partial charge in [0.25, 0.3) is 0 Å². The number of phosphoric acid groups is 2. The van der Waals surface area contributed by atoms with Crippen LogP contribution in [-0.4, -0.2) is 9.79 Å². The molecular formula is C6H12O7P2. The molecule has 0 aromatic carbocycles. The maximum Gasteiger partial charge on any atom is 0.595 e. The summed E-state index contributed by atoms with van der Waals surface area (Å²) in [6.45, 7) is 9.11. The number of phosphoric ester groups is 1. The van der Waals surface area contributed by atoms with E-state index in [0.29, 0.717) is 0 Å². The van der Waals surface area contributed by atoms with Crippen molar-refractivity contribution >= 4 is 15.6 Å². The second kappa shape index (κ2) is 4.96. The molecule has 0 heterocycles. The van der Waals surface area contributed by atoms with Crippen molar-refractivity contribution in [3.63, 3.8) is 0 Å². The first-order valence-corrected chi connectivity index (χ1v) is 6.60. The highest BCUT2D eigenvalue weighted by molar-refractivity contribution is 7.61. The van der Waals surface area contributed by atoms with E-state index in [0.717, 1.165) is 0 Å². The fourth-order valence-corrected chi connectivity index (χ4v) is 2.67. The topological polar surface area (TPSA) is 102 Å². The summed E-state index contributed by atoms with van der Waals surface area (Å²) in [5, 5.41) is 0. The molecule has 88 valence electrons. The molecule has 0 bridgehead atoms. The van der Waals surface area contributed by atoms with E-state index in [4.69, 9.17) is 9.79 Å². The van der Waals surface area contributed by atoms with Crippen molar-refractivity contribution < 1.29 is 32.3 Å². The molecule has 0 aromatic heterocycles. The Bertz CT molecular complexity index is 334. The highest BCUT2D eigenvalue weighted by atomic mass is 31.3. The van der Waals surface area contributed by atoms with Gasteiger partial charge in [-0.1, -0.05) is 13.2 Å². The van der Waals surface area contributed by atoms with Crippen molar-refractivity contribution in [1.82, 2.24) is 0 Å². The van der Waals surface area contributed by atoms with Crippen molar-refractivity contribution in [1.29, 1.82) is 0 Å². The lowest BCUT2D eigenvalue weighted by molar-refractivity contribution is 0.193. The first-order valence-electron chi connectivity index (χ1n) is 3.61. The van der Waals surface area contributed by atoms with Crippen LogP contribution in [0.5, 0.6) is 0 Å². The van der Waals surface area contributed by atoms with E-state index in [9.17, 15) is 9.13 Å². The Balaban J connectivity index is 4.86. The first-order chi connectivity index (χ1) is 6.54. The third kappa shape index (κ3) is 7.36. The number of hydrogen-bond donors (Lipinski definition) is 2. The van der Waals surface area contributed by atoms with Gasteiger partial charge in [-0.05, 0) is 13.8 Å². The van der Waals surface area contributed by atoms with Gasteiger partial charge in [0.15, 0.2) is 0 Å². The predicted octanol–water partition coefficient (Wildman–Crippen LogP) is 2.30. The molecule has 0 aliphatic rings. The fraction of sp³-hybridized carbons (Fsp3) is 0.333. The Morgan fingerprint density at radius 2 is 1.40 bits per heavy atom. The molecule has 2 N–H and O–H groups in total. The third-order valence-corrected chi connectivity index (χ3v) is 3.46. The SMILES string of the molecule is C=C(C)OP(=O)(OC(=C)C)OP(=O)(O)O. The van der Waals surface area contributed by atoms with Gasteiger partial charge in [-0.2, -0.15) is 4.31 Å². The smallest absolute Gasteiger partial charge is 0.400 e. The fourth-order valence-electron chi connectivity index (χ4n) is 0.564. The molecule has 0 spiro atoms. The summed E-state index contributed by atoms with van der Waals surface area (Å²) in [5.74, 6) is -0.152. The van der Waals surface area contributed by atoms with Gasteiger partial charge in [0.1, 0.15) is 0 Å². The quantitative estimate of drug-likeness (QED) is 0.556. The van der Waals surface area contributed by atoms with Crippen LogP contribution >= 0.6 is 15.6 Å². The monoisotopic (exact) mass is 258 g/mol. The summed E-state index contributed by atoms with van der Waals surface area (Å²) in [4.78, 5) is 17.0. The molecule has 0 radical (unpaired) electrons. The lowest BCUT2D eigenvalue weighted by Gasteiger charge is -2.18. The van der Waals surface area contributed by atoms with Crippen LogP contribution < -0.4 is 0 Å². The van der Waals surface area contributed by atoms with Crippen LogP contribution in [0, 0.1) is 0 Å². The van der Waals surface area contributed by atoms with Gasteiger partial charge in [0, 0.05) is 0 Å². The van der Waals surface area contributed by atoms with E-state index >= 15 is 0 Å². The van der Waals surface area contributed by atoms with Crippen molar-refractivity contribution in [2.45, 2.75) is 13.8 Å². The molecule has 0 aliphatic carbocycles. The molecule has 15 heavy (non-hydrogen) atoms. The Labute approximate surface area is 87.2 Å². The van der Waals surface area contributed by atoms with E-state index in [1.807, 2.05) is 0 Å². The molecule has 0 aromatic rings. The van der Waals surface area contributed by atoms with Crippen molar-refractivity contribution in [3.05, 3.63) is 24.7 Å². The highest BCUT2D eigenvalue weighted by Gasteiger charge is 2.38. The zero-order valence-corrected chi connectivity index (χ0v) is 10.0. The van der Waals surface area contributed by atoms with Crippen LogP contribution in [0.15, 0.2) is 24.7 Å². The molecule has 0 rings (SSSR count). The zero-order chi connectivity index (χ0) is 12.3. The summed E-state index contributed by atoms with van der Waals surface area (Å²) in [5.41, 5.74) is 0. The van der Waals surface area contributed by atoms with Gasteiger partial charge >= 0.3 is 15.6 Å². The van der Waals surface area contributed by atoms with Crippen LogP contribution in [0.1, 0.15) is 13.8 Å². The molecule has 0 saturated heterocycles. The van der Waals surface area contributed by atoms with Crippen molar-refractivity contribution in [2.24, 2.45) is 0 Å². The lowest BCUT2D eigenvalue weighted by Crippen LogP contribution is -1.96. The maximum absolute atomic E-state index is 11.6. The summed E-state index contributed by atoms with van der Waals surface area (Å²) in [6.07, 6.45) is 0. The Morgan fingerprint density at radius 3 is 1.60 bits per heavy atom. The van der Waals surface area contributed by atoms with Gasteiger partial charge in [0.2, 0.25) is 0 Å². The third-order valence-electron chi connectivity index (χ3n) is 0.742. The summed E-state index contributed by atoms with van der Waals surface area (Å²) in [6, 6.07) is 0. The minimum absolute atomic E-state index is 0.0759. The minimum Gasteiger partial charge on any atom is -0.400 e. The average molecular weight is 258 g/mol. The van der Waals surface area contributed by atoms with Gasteiger partial charge in [-0.15, -0.1) is 0 Å². The highest BCUT2D eigenvalue weighted by Crippen LogP contribution is 2.62. The first kappa shape index (κ1) is 14.4. The molecular weight excluding hydrogens is 246 g/mol. The zero-order valence-electron chi connectivity index (χ0n) is 8.24. The molecule has 0 fully saturated rings. The van der Waals surface area contributed by atoms with E-state index in [-0.39, 0.29) is 11.5 Å².